The smallest absolute Gasteiger partial charge is 0.223 e. The van der Waals surface area contributed by atoms with Crippen LogP contribution >= 0.6 is 0 Å². The number of nitrogens with zero attached hydrogens (tertiary/aromatic N) is 1. The summed E-state index contributed by atoms with van der Waals surface area (Å²) in [6, 6.07) is 0.554. The van der Waals surface area contributed by atoms with Gasteiger partial charge in [0.25, 0.3) is 0 Å². The summed E-state index contributed by atoms with van der Waals surface area (Å²) in [6.45, 7) is 1.70. The zero-order valence-electron chi connectivity index (χ0n) is 13.5. The molecule has 2 atom stereocenters. The fraction of sp³-hybridized carbons (Fsp3) is 0.944. The lowest BCUT2D eigenvalue weighted by atomic mass is 9.71. The van der Waals surface area contributed by atoms with Crippen LogP contribution in [0.2, 0.25) is 0 Å². The number of hydrogen-bond acceptors (Lipinski definition) is 2. The molecule has 120 valence electrons. The van der Waals surface area contributed by atoms with Crippen LogP contribution in [0.1, 0.15) is 77.0 Å². The van der Waals surface area contributed by atoms with Gasteiger partial charge in [-0.15, -0.1) is 0 Å². The van der Waals surface area contributed by atoms with E-state index in [0.717, 1.165) is 25.3 Å². The first kappa shape index (κ1) is 15.3. The Labute approximate surface area is 129 Å². The number of amides is 1. The van der Waals surface area contributed by atoms with Crippen molar-refractivity contribution in [2.24, 2.45) is 17.1 Å². The van der Waals surface area contributed by atoms with Crippen molar-refractivity contribution in [2.75, 3.05) is 13.1 Å². The number of piperidine rings is 1. The first-order valence-electron chi connectivity index (χ1n) is 9.24. The summed E-state index contributed by atoms with van der Waals surface area (Å²) in [5, 5.41) is 0. The Kier molecular flexibility index (Phi) is 4.88. The molecule has 21 heavy (non-hydrogen) atoms. The summed E-state index contributed by atoms with van der Waals surface area (Å²) in [7, 11) is 0. The van der Waals surface area contributed by atoms with E-state index in [2.05, 4.69) is 4.90 Å². The maximum absolute atomic E-state index is 13.0. The van der Waals surface area contributed by atoms with Crippen molar-refractivity contribution in [1.29, 1.82) is 0 Å². The van der Waals surface area contributed by atoms with Gasteiger partial charge in [0.2, 0.25) is 5.91 Å². The lowest BCUT2D eigenvalue weighted by molar-refractivity contribution is -0.140. The number of hydrogen-bond donors (Lipinski definition) is 1. The Balaban J connectivity index is 1.65. The van der Waals surface area contributed by atoms with E-state index in [9.17, 15) is 4.79 Å². The first-order chi connectivity index (χ1) is 10.2. The molecule has 1 amide bonds. The second-order valence-electron chi connectivity index (χ2n) is 7.78. The molecule has 3 fully saturated rings. The maximum atomic E-state index is 13.0. The number of carbonyl (C=O) groups excluding carboxylic acids is 1. The molecule has 0 unspecified atom stereocenters. The Morgan fingerprint density at radius 3 is 2.48 bits per heavy atom. The van der Waals surface area contributed by atoms with E-state index in [-0.39, 0.29) is 5.41 Å². The molecular weight excluding hydrogens is 260 g/mol. The number of carbonyl (C=O) groups is 1. The van der Waals surface area contributed by atoms with Gasteiger partial charge in [-0.1, -0.05) is 32.1 Å². The van der Waals surface area contributed by atoms with Gasteiger partial charge in [0.05, 0.1) is 0 Å². The maximum Gasteiger partial charge on any atom is 0.223 e. The highest BCUT2D eigenvalue weighted by atomic mass is 16.2. The summed E-state index contributed by atoms with van der Waals surface area (Å²) in [4.78, 5) is 15.2. The molecule has 0 bridgehead atoms. The molecule has 2 aliphatic carbocycles. The predicted molar refractivity (Wildman–Crippen MR) is 85.9 cm³/mol. The lowest BCUT2D eigenvalue weighted by Crippen LogP contribution is -2.51. The number of rotatable bonds is 3. The van der Waals surface area contributed by atoms with Crippen LogP contribution in [0.15, 0.2) is 0 Å². The van der Waals surface area contributed by atoms with Crippen molar-refractivity contribution >= 4 is 5.91 Å². The van der Waals surface area contributed by atoms with E-state index in [1.54, 1.807) is 0 Å². The van der Waals surface area contributed by atoms with Crippen molar-refractivity contribution in [3.63, 3.8) is 0 Å². The zero-order valence-corrected chi connectivity index (χ0v) is 13.5. The van der Waals surface area contributed by atoms with Crippen molar-refractivity contribution in [2.45, 2.75) is 83.1 Å². The highest BCUT2D eigenvalue weighted by Gasteiger charge is 2.39. The summed E-state index contributed by atoms with van der Waals surface area (Å²) in [6.07, 6.45) is 14.7. The van der Waals surface area contributed by atoms with Crippen molar-refractivity contribution in [3.05, 3.63) is 0 Å². The normalized spacial score (nSPS) is 32.5. The Morgan fingerprint density at radius 2 is 1.71 bits per heavy atom. The van der Waals surface area contributed by atoms with E-state index in [1.165, 1.54) is 57.8 Å². The molecule has 2 N–H and O–H groups in total. The van der Waals surface area contributed by atoms with Gasteiger partial charge in [-0.3, -0.25) is 4.79 Å². The van der Waals surface area contributed by atoms with Gasteiger partial charge in [0.1, 0.15) is 0 Å². The molecule has 3 aliphatic rings. The van der Waals surface area contributed by atoms with Crippen LogP contribution in [0.25, 0.3) is 0 Å². The minimum atomic E-state index is 0.122. The quantitative estimate of drug-likeness (QED) is 0.866. The fourth-order valence-electron chi connectivity index (χ4n) is 5.11. The third-order valence-electron chi connectivity index (χ3n) is 6.44. The topological polar surface area (TPSA) is 46.3 Å². The van der Waals surface area contributed by atoms with E-state index in [4.69, 9.17) is 5.73 Å². The van der Waals surface area contributed by atoms with Crippen LogP contribution in [-0.2, 0) is 4.79 Å². The van der Waals surface area contributed by atoms with Gasteiger partial charge in [0.15, 0.2) is 0 Å². The molecule has 3 rings (SSSR count). The SMILES string of the molecule is NCC1(CC(=O)N2CCC[C@H]3CCCC[C@H]32)CCCCC1. The predicted octanol–water partition coefficient (Wildman–Crippen LogP) is 3.47. The van der Waals surface area contributed by atoms with Gasteiger partial charge in [0, 0.05) is 19.0 Å². The van der Waals surface area contributed by atoms with Gasteiger partial charge in [-0.25, -0.2) is 0 Å². The Bertz CT molecular complexity index is 360. The average molecular weight is 292 g/mol. The van der Waals surface area contributed by atoms with Crippen molar-refractivity contribution in [3.8, 4) is 0 Å². The van der Waals surface area contributed by atoms with E-state index >= 15 is 0 Å². The Morgan fingerprint density at radius 1 is 1.00 bits per heavy atom. The third kappa shape index (κ3) is 3.28. The van der Waals surface area contributed by atoms with Gasteiger partial charge >= 0.3 is 0 Å². The van der Waals surface area contributed by atoms with Crippen molar-refractivity contribution < 1.29 is 4.79 Å². The number of likely N-dealkylation sites (tertiary alicyclic amines) is 1. The molecule has 0 aromatic rings. The monoisotopic (exact) mass is 292 g/mol. The van der Waals surface area contributed by atoms with Crippen LogP contribution in [-0.4, -0.2) is 29.9 Å². The number of fused-ring (bicyclic) bond motifs is 1. The second-order valence-corrected chi connectivity index (χ2v) is 7.78. The molecule has 0 spiro atoms. The van der Waals surface area contributed by atoms with Crippen LogP contribution in [0.3, 0.4) is 0 Å². The molecule has 3 heteroatoms. The molecular formula is C18H32N2O. The summed E-state index contributed by atoms with van der Waals surface area (Å²) in [5.74, 6) is 1.20. The third-order valence-corrected chi connectivity index (χ3v) is 6.44. The molecule has 1 heterocycles. The van der Waals surface area contributed by atoms with Crippen LogP contribution < -0.4 is 5.73 Å². The van der Waals surface area contributed by atoms with Crippen LogP contribution in [0.4, 0.5) is 0 Å². The summed E-state index contributed by atoms with van der Waals surface area (Å²) in [5.41, 5.74) is 6.20. The van der Waals surface area contributed by atoms with E-state index in [0.29, 0.717) is 24.9 Å². The molecule has 0 aromatic heterocycles. The molecule has 0 radical (unpaired) electrons. The van der Waals surface area contributed by atoms with E-state index < -0.39 is 0 Å². The van der Waals surface area contributed by atoms with E-state index in [1.807, 2.05) is 0 Å². The standard InChI is InChI=1S/C18H32N2O/c19-14-18(10-4-1-5-11-18)13-17(21)20-12-6-8-15-7-2-3-9-16(15)20/h15-16H,1-14,19H2/t15-,16-/m1/s1. The molecule has 1 aliphatic heterocycles. The van der Waals surface area contributed by atoms with Crippen LogP contribution in [0.5, 0.6) is 0 Å². The average Bonchev–Trinajstić information content (AvgIpc) is 2.55. The Hall–Kier alpha value is -0.570. The first-order valence-corrected chi connectivity index (χ1v) is 9.24. The second kappa shape index (κ2) is 6.68. The summed E-state index contributed by atoms with van der Waals surface area (Å²) < 4.78 is 0. The van der Waals surface area contributed by atoms with Gasteiger partial charge in [-0.05, 0) is 56.4 Å². The summed E-state index contributed by atoms with van der Waals surface area (Å²) >= 11 is 0. The van der Waals surface area contributed by atoms with Crippen LogP contribution in [0, 0.1) is 11.3 Å². The molecule has 3 nitrogen and oxygen atoms in total. The fourth-order valence-corrected chi connectivity index (χ4v) is 5.11. The highest BCUT2D eigenvalue weighted by molar-refractivity contribution is 5.77. The molecule has 2 saturated carbocycles. The zero-order chi connectivity index (χ0) is 14.7. The molecule has 1 saturated heterocycles. The van der Waals surface area contributed by atoms with Crippen molar-refractivity contribution in [1.82, 2.24) is 4.90 Å². The van der Waals surface area contributed by atoms with Gasteiger partial charge in [-0.2, -0.15) is 0 Å². The highest BCUT2D eigenvalue weighted by Crippen LogP contribution is 2.41. The largest absolute Gasteiger partial charge is 0.339 e. The van der Waals surface area contributed by atoms with Gasteiger partial charge < -0.3 is 10.6 Å². The number of nitrogens with two attached hydrogens (primary N) is 1. The minimum Gasteiger partial charge on any atom is -0.339 e. The minimum absolute atomic E-state index is 0.122. The molecule has 0 aromatic carbocycles. The lowest BCUT2D eigenvalue weighted by Gasteiger charge is -2.46.